The first-order valence-corrected chi connectivity index (χ1v) is 12.2. The molecule has 0 spiro atoms. The molecule has 0 atom stereocenters. The fourth-order valence-corrected chi connectivity index (χ4v) is 3.69. The van der Waals surface area contributed by atoms with Gasteiger partial charge in [-0.1, -0.05) is 18.2 Å². The van der Waals surface area contributed by atoms with Crippen LogP contribution in [0.2, 0.25) is 0 Å². The van der Waals surface area contributed by atoms with Gasteiger partial charge in [0.05, 0.1) is 46.2 Å². The van der Waals surface area contributed by atoms with E-state index in [0.29, 0.717) is 26.4 Å². The largest absolute Gasteiger partial charge is 0.459 e. The van der Waals surface area contributed by atoms with E-state index in [0.717, 1.165) is 61.4 Å². The maximum Gasteiger partial charge on any atom is 0.348 e. The Morgan fingerprint density at radius 1 is 1.03 bits per heavy atom. The number of anilines is 1. The molecule has 2 aromatic carbocycles. The number of hydrogen-bond acceptors (Lipinski definition) is 9. The zero-order chi connectivity index (χ0) is 25.4. The molecule has 9 nitrogen and oxygen atoms in total. The summed E-state index contributed by atoms with van der Waals surface area (Å²) >= 11 is 0. The van der Waals surface area contributed by atoms with Gasteiger partial charge in [0.1, 0.15) is 18.2 Å². The van der Waals surface area contributed by atoms with Crippen LogP contribution in [-0.4, -0.2) is 97.0 Å². The number of ether oxygens (including phenoxy) is 5. The minimum atomic E-state index is -0.669. The number of nitriles is 1. The lowest BCUT2D eigenvalue weighted by atomic mass is 10.0. The Labute approximate surface area is 212 Å². The smallest absolute Gasteiger partial charge is 0.348 e. The first kappa shape index (κ1) is 27.6. The average Bonchev–Trinajstić information content (AvgIpc) is 2.91. The van der Waals surface area contributed by atoms with Crippen molar-refractivity contribution in [1.82, 2.24) is 4.90 Å². The number of benzene rings is 2. The Bertz CT molecular complexity index is 1030. The molecule has 0 amide bonds. The molecule has 1 aliphatic rings. The van der Waals surface area contributed by atoms with Gasteiger partial charge in [-0.05, 0) is 40.6 Å². The summed E-state index contributed by atoms with van der Waals surface area (Å²) < 4.78 is 26.1. The van der Waals surface area contributed by atoms with Crippen LogP contribution in [0.4, 0.5) is 5.69 Å². The highest BCUT2D eigenvalue weighted by atomic mass is 16.6. The second kappa shape index (κ2) is 15.9. The Morgan fingerprint density at radius 2 is 1.72 bits per heavy atom. The predicted octanol–water partition coefficient (Wildman–Crippen LogP) is 2.71. The van der Waals surface area contributed by atoms with Gasteiger partial charge < -0.3 is 29.0 Å². The minimum Gasteiger partial charge on any atom is -0.459 e. The second-order valence-electron chi connectivity index (χ2n) is 8.23. The maximum atomic E-state index is 12.3. The van der Waals surface area contributed by atoms with E-state index >= 15 is 0 Å². The number of methoxy groups -OCH3 is 1. The molecule has 0 unspecified atom stereocenters. The molecule has 194 valence electrons. The molecule has 0 radical (unpaired) electrons. The molecule has 1 aliphatic heterocycles. The lowest BCUT2D eigenvalue weighted by Gasteiger charge is -2.26. The Kier molecular flexibility index (Phi) is 12.2. The third-order valence-corrected chi connectivity index (χ3v) is 5.64. The van der Waals surface area contributed by atoms with E-state index in [4.69, 9.17) is 23.7 Å². The van der Waals surface area contributed by atoms with Crippen LogP contribution in [0.1, 0.15) is 5.56 Å². The number of esters is 1. The topological polar surface area (TPSA) is 102 Å². The quantitative estimate of drug-likeness (QED) is 0.172. The van der Waals surface area contributed by atoms with Crippen LogP contribution >= 0.6 is 0 Å². The maximum absolute atomic E-state index is 12.3. The number of morpholine rings is 1. The molecule has 0 aromatic heterocycles. The molecule has 0 saturated carbocycles. The summed E-state index contributed by atoms with van der Waals surface area (Å²) in [5, 5.41) is 15.0. The predicted molar refractivity (Wildman–Crippen MR) is 138 cm³/mol. The highest BCUT2D eigenvalue weighted by Crippen LogP contribution is 2.22. The highest BCUT2D eigenvalue weighted by molar-refractivity contribution is 5.98. The number of rotatable bonds is 15. The van der Waals surface area contributed by atoms with Crippen molar-refractivity contribution in [3.8, 4) is 6.07 Å². The number of fused-ring (bicyclic) bond motifs is 1. The summed E-state index contributed by atoms with van der Waals surface area (Å²) in [6.07, 6.45) is 1.54. The fraction of sp³-hybridized carbons (Fsp3) is 0.481. The van der Waals surface area contributed by atoms with E-state index in [9.17, 15) is 10.1 Å². The third-order valence-electron chi connectivity index (χ3n) is 5.64. The monoisotopic (exact) mass is 497 g/mol. The molecule has 1 heterocycles. The SMILES string of the molecule is COCCOCCOCCOC(=O)/C(C#N)=C/c1ccc2cc(NCCN3CCOCC3)ccc2c1. The summed E-state index contributed by atoms with van der Waals surface area (Å²) in [5.41, 5.74) is 1.76. The molecular weight excluding hydrogens is 462 g/mol. The Morgan fingerprint density at radius 3 is 2.47 bits per heavy atom. The van der Waals surface area contributed by atoms with E-state index < -0.39 is 5.97 Å². The van der Waals surface area contributed by atoms with Gasteiger partial charge in [-0.2, -0.15) is 5.26 Å². The normalized spacial score (nSPS) is 14.5. The Hall–Kier alpha value is -3.00. The van der Waals surface area contributed by atoms with E-state index in [1.165, 1.54) is 0 Å². The van der Waals surface area contributed by atoms with Gasteiger partial charge >= 0.3 is 5.97 Å². The number of carbonyl (C=O) groups excluding carboxylic acids is 1. The fourth-order valence-electron chi connectivity index (χ4n) is 3.69. The van der Waals surface area contributed by atoms with Gasteiger partial charge in [-0.25, -0.2) is 4.79 Å². The van der Waals surface area contributed by atoms with Crippen molar-refractivity contribution in [3.05, 3.63) is 47.5 Å². The average molecular weight is 498 g/mol. The molecule has 1 saturated heterocycles. The molecule has 36 heavy (non-hydrogen) atoms. The number of hydrogen-bond donors (Lipinski definition) is 1. The molecule has 0 bridgehead atoms. The lowest BCUT2D eigenvalue weighted by Crippen LogP contribution is -2.38. The van der Waals surface area contributed by atoms with E-state index in [1.807, 2.05) is 36.4 Å². The first-order valence-electron chi connectivity index (χ1n) is 12.2. The van der Waals surface area contributed by atoms with Crippen molar-refractivity contribution in [2.45, 2.75) is 0 Å². The summed E-state index contributed by atoms with van der Waals surface area (Å²) in [6.45, 7) is 7.58. The zero-order valence-electron chi connectivity index (χ0n) is 20.9. The van der Waals surface area contributed by atoms with Gasteiger partial charge in [0.2, 0.25) is 0 Å². The zero-order valence-corrected chi connectivity index (χ0v) is 20.9. The Balaban J connectivity index is 1.45. The van der Waals surface area contributed by atoms with E-state index in [2.05, 4.69) is 16.3 Å². The van der Waals surface area contributed by atoms with Crippen molar-refractivity contribution in [2.75, 3.05) is 91.5 Å². The number of carbonyl (C=O) groups is 1. The summed E-state index contributed by atoms with van der Waals surface area (Å²) in [5.74, 6) is -0.669. The van der Waals surface area contributed by atoms with Crippen molar-refractivity contribution in [1.29, 1.82) is 5.26 Å². The van der Waals surface area contributed by atoms with E-state index in [1.54, 1.807) is 13.2 Å². The molecule has 1 N–H and O–H groups in total. The van der Waals surface area contributed by atoms with Gasteiger partial charge in [0, 0.05) is 39.0 Å². The second-order valence-corrected chi connectivity index (χ2v) is 8.23. The molecule has 1 fully saturated rings. The highest BCUT2D eigenvalue weighted by Gasteiger charge is 2.11. The van der Waals surface area contributed by atoms with Crippen LogP contribution in [0, 0.1) is 11.3 Å². The van der Waals surface area contributed by atoms with Gasteiger partial charge in [-0.3, -0.25) is 4.90 Å². The number of nitrogens with zero attached hydrogens (tertiary/aromatic N) is 2. The van der Waals surface area contributed by atoms with Crippen LogP contribution in [-0.2, 0) is 28.5 Å². The van der Waals surface area contributed by atoms with Crippen LogP contribution < -0.4 is 5.32 Å². The van der Waals surface area contributed by atoms with E-state index in [-0.39, 0.29) is 18.8 Å². The van der Waals surface area contributed by atoms with Crippen LogP contribution in [0.25, 0.3) is 16.8 Å². The first-order chi connectivity index (χ1) is 17.7. The molecule has 0 aliphatic carbocycles. The number of nitrogens with one attached hydrogen (secondary N) is 1. The molecule has 3 rings (SSSR count). The third kappa shape index (κ3) is 9.57. The van der Waals surface area contributed by atoms with Gasteiger partial charge in [-0.15, -0.1) is 0 Å². The standard InChI is InChI=1S/C27H35N3O6/c1-32-12-13-34-14-15-35-16-17-36-27(31)25(21-28)19-22-2-3-24-20-26(5-4-23(24)18-22)29-6-7-30-8-10-33-11-9-30/h2-5,18-20,29H,6-17H2,1H3/b25-19+. The summed E-state index contributed by atoms with van der Waals surface area (Å²) in [6, 6.07) is 13.9. The van der Waals surface area contributed by atoms with Crippen molar-refractivity contribution in [3.63, 3.8) is 0 Å². The molecular formula is C27H35N3O6. The van der Waals surface area contributed by atoms with Crippen molar-refractivity contribution < 1.29 is 28.5 Å². The minimum absolute atomic E-state index is 0.0568. The van der Waals surface area contributed by atoms with Crippen molar-refractivity contribution >= 4 is 28.5 Å². The van der Waals surface area contributed by atoms with Crippen LogP contribution in [0.3, 0.4) is 0 Å². The van der Waals surface area contributed by atoms with Crippen LogP contribution in [0.15, 0.2) is 42.0 Å². The van der Waals surface area contributed by atoms with Gasteiger partial charge in [0.15, 0.2) is 0 Å². The van der Waals surface area contributed by atoms with Crippen molar-refractivity contribution in [2.24, 2.45) is 0 Å². The van der Waals surface area contributed by atoms with Crippen LogP contribution in [0.5, 0.6) is 0 Å². The molecule has 2 aromatic rings. The summed E-state index contributed by atoms with van der Waals surface area (Å²) in [7, 11) is 1.61. The summed E-state index contributed by atoms with van der Waals surface area (Å²) in [4.78, 5) is 14.7. The molecule has 9 heteroatoms. The lowest BCUT2D eigenvalue weighted by molar-refractivity contribution is -0.140. The van der Waals surface area contributed by atoms with Gasteiger partial charge in [0.25, 0.3) is 0 Å².